The first-order valence-corrected chi connectivity index (χ1v) is 13.7. The Morgan fingerprint density at radius 2 is 0.795 bits per heavy atom. The van der Waals surface area contributed by atoms with Crippen molar-refractivity contribution in [1.29, 1.82) is 0 Å². The van der Waals surface area contributed by atoms with Gasteiger partial charge in [-0.25, -0.2) is 19.2 Å². The van der Waals surface area contributed by atoms with Crippen LogP contribution < -0.4 is 10.6 Å². The number of nitrogens with one attached hydrogen (secondary N) is 2. The Kier molecular flexibility index (Phi) is 8.09. The van der Waals surface area contributed by atoms with E-state index in [1.165, 1.54) is 40.1 Å². The summed E-state index contributed by atoms with van der Waals surface area (Å²) >= 11 is 0. The van der Waals surface area contributed by atoms with Crippen LogP contribution in [0.1, 0.15) is 27.7 Å². The summed E-state index contributed by atoms with van der Waals surface area (Å²) in [7, 11) is 0. The molecule has 10 heteroatoms. The average Bonchev–Trinajstić information content (AvgIpc) is 2.95. The minimum Gasteiger partial charge on any atom is -0.419 e. The summed E-state index contributed by atoms with van der Waals surface area (Å²) in [6.45, 7) is 6.04. The summed E-state index contributed by atoms with van der Waals surface area (Å²) in [6, 6.07) is 27.3. The van der Waals surface area contributed by atoms with Gasteiger partial charge in [-0.15, -0.1) is 0 Å². The lowest BCUT2D eigenvalue weighted by molar-refractivity contribution is -0.224. The van der Waals surface area contributed by atoms with Crippen molar-refractivity contribution in [3.05, 3.63) is 108 Å². The molecule has 224 valence electrons. The van der Waals surface area contributed by atoms with E-state index in [1.807, 2.05) is 84.9 Å². The van der Waals surface area contributed by atoms with Gasteiger partial charge >= 0.3 is 23.9 Å². The van der Waals surface area contributed by atoms with Gasteiger partial charge in [0.15, 0.2) is 11.1 Å². The van der Waals surface area contributed by atoms with E-state index in [1.54, 1.807) is 0 Å². The lowest BCUT2D eigenvalue weighted by atomic mass is 10.1. The van der Waals surface area contributed by atoms with Crippen molar-refractivity contribution in [2.75, 3.05) is 10.6 Å². The smallest absolute Gasteiger partial charge is 0.350 e. The highest BCUT2D eigenvalue weighted by Gasteiger charge is 2.39. The average molecular weight is 595 g/mol. The number of ether oxygens (including phenoxy) is 4. The Morgan fingerprint density at radius 1 is 0.477 bits per heavy atom. The van der Waals surface area contributed by atoms with Gasteiger partial charge in [-0.3, -0.25) is 0 Å². The summed E-state index contributed by atoms with van der Waals surface area (Å²) < 4.78 is 20.1. The lowest BCUT2D eigenvalue weighted by Crippen LogP contribution is -2.42. The molecule has 2 fully saturated rings. The number of rotatable bonds is 4. The number of hydrogen-bond donors (Lipinski definition) is 2. The van der Waals surface area contributed by atoms with Crippen LogP contribution in [0.4, 0.5) is 11.4 Å². The van der Waals surface area contributed by atoms with Crippen molar-refractivity contribution in [3.63, 3.8) is 0 Å². The third-order valence-electron chi connectivity index (χ3n) is 6.50. The minimum atomic E-state index is -1.23. The van der Waals surface area contributed by atoms with E-state index in [0.29, 0.717) is 0 Å². The van der Waals surface area contributed by atoms with E-state index in [-0.39, 0.29) is 11.1 Å². The Morgan fingerprint density at radius 3 is 1.14 bits per heavy atom. The quantitative estimate of drug-likeness (QED) is 0.166. The molecule has 0 aliphatic carbocycles. The third-order valence-corrected chi connectivity index (χ3v) is 6.50. The fourth-order valence-electron chi connectivity index (χ4n) is 4.43. The molecule has 6 rings (SSSR count). The molecule has 2 aliphatic heterocycles. The summed E-state index contributed by atoms with van der Waals surface area (Å²) in [5.41, 5.74) is 1.20. The zero-order valence-electron chi connectivity index (χ0n) is 24.5. The number of benzene rings is 4. The van der Waals surface area contributed by atoms with Crippen LogP contribution in [0.3, 0.4) is 0 Å². The molecule has 0 unspecified atom stereocenters. The number of anilines is 2. The van der Waals surface area contributed by atoms with Crippen LogP contribution in [0.25, 0.3) is 21.5 Å². The zero-order chi connectivity index (χ0) is 31.5. The SMILES string of the molecule is CC1(C)OC(=O)C(=CNc2ccc3ccccc3c2)C(=O)O1.CC1(C)OC(=O)C(=CNc2ccc3ccccc3c2)C(=O)O1. The number of esters is 4. The van der Waals surface area contributed by atoms with Crippen molar-refractivity contribution >= 4 is 56.8 Å². The summed E-state index contributed by atoms with van der Waals surface area (Å²) in [5, 5.41) is 10.2. The van der Waals surface area contributed by atoms with Crippen molar-refractivity contribution in [2.45, 2.75) is 39.3 Å². The van der Waals surface area contributed by atoms with Crippen molar-refractivity contribution < 1.29 is 38.1 Å². The van der Waals surface area contributed by atoms with Gasteiger partial charge in [0.2, 0.25) is 0 Å². The Bertz CT molecular complexity index is 1680. The zero-order valence-corrected chi connectivity index (χ0v) is 24.5. The molecule has 0 radical (unpaired) electrons. The molecule has 4 aromatic carbocycles. The molecular formula is C34H30N2O8. The molecule has 0 atom stereocenters. The molecule has 10 nitrogen and oxygen atoms in total. The van der Waals surface area contributed by atoms with E-state index < -0.39 is 35.5 Å². The molecule has 0 bridgehead atoms. The minimum absolute atomic E-state index is 0.160. The van der Waals surface area contributed by atoms with Crippen LogP contribution in [-0.2, 0) is 38.1 Å². The highest BCUT2D eigenvalue weighted by Crippen LogP contribution is 2.25. The predicted molar refractivity (Wildman–Crippen MR) is 164 cm³/mol. The van der Waals surface area contributed by atoms with E-state index in [2.05, 4.69) is 10.6 Å². The van der Waals surface area contributed by atoms with Crippen molar-refractivity contribution in [3.8, 4) is 0 Å². The summed E-state index contributed by atoms with van der Waals surface area (Å²) in [6.07, 6.45) is 2.62. The third kappa shape index (κ3) is 7.04. The molecule has 2 N–H and O–H groups in total. The van der Waals surface area contributed by atoms with Gasteiger partial charge in [-0.1, -0.05) is 60.7 Å². The van der Waals surface area contributed by atoms with Crippen molar-refractivity contribution in [2.24, 2.45) is 0 Å². The maximum atomic E-state index is 11.8. The Labute approximate surface area is 253 Å². The highest BCUT2D eigenvalue weighted by molar-refractivity contribution is 6.16. The van der Waals surface area contributed by atoms with Crippen LogP contribution in [-0.4, -0.2) is 35.5 Å². The first-order chi connectivity index (χ1) is 20.9. The van der Waals surface area contributed by atoms with Gasteiger partial charge in [0.05, 0.1) is 0 Å². The number of fused-ring (bicyclic) bond motifs is 2. The van der Waals surface area contributed by atoms with E-state index in [9.17, 15) is 19.2 Å². The van der Waals surface area contributed by atoms with Crippen LogP contribution in [0.5, 0.6) is 0 Å². The van der Waals surface area contributed by atoms with Crippen LogP contribution in [0.2, 0.25) is 0 Å². The molecule has 2 aliphatic rings. The van der Waals surface area contributed by atoms with Gasteiger partial charge < -0.3 is 29.6 Å². The van der Waals surface area contributed by atoms with Crippen LogP contribution >= 0.6 is 0 Å². The second-order valence-corrected chi connectivity index (χ2v) is 10.9. The summed E-state index contributed by atoms with van der Waals surface area (Å²) in [5.74, 6) is -5.25. The first kappa shape index (κ1) is 29.8. The monoisotopic (exact) mass is 594 g/mol. The maximum absolute atomic E-state index is 11.8. The Hall–Kier alpha value is -5.64. The van der Waals surface area contributed by atoms with Crippen LogP contribution in [0, 0.1) is 0 Å². The van der Waals surface area contributed by atoms with E-state index >= 15 is 0 Å². The topological polar surface area (TPSA) is 129 Å². The molecule has 2 saturated heterocycles. The first-order valence-electron chi connectivity index (χ1n) is 13.7. The van der Waals surface area contributed by atoms with Crippen molar-refractivity contribution in [1.82, 2.24) is 0 Å². The fourth-order valence-corrected chi connectivity index (χ4v) is 4.43. The van der Waals surface area contributed by atoms with Gasteiger partial charge in [0.25, 0.3) is 11.6 Å². The number of cyclic esters (lactones) is 4. The largest absolute Gasteiger partial charge is 0.419 e. The second-order valence-electron chi connectivity index (χ2n) is 10.9. The van der Waals surface area contributed by atoms with Gasteiger partial charge in [0, 0.05) is 51.5 Å². The van der Waals surface area contributed by atoms with Gasteiger partial charge in [0.1, 0.15) is 0 Å². The highest BCUT2D eigenvalue weighted by atomic mass is 16.7. The normalized spacial score (nSPS) is 16.9. The van der Waals surface area contributed by atoms with E-state index in [0.717, 1.165) is 32.9 Å². The van der Waals surface area contributed by atoms with Crippen LogP contribution in [0.15, 0.2) is 108 Å². The molecular weight excluding hydrogens is 564 g/mol. The number of carbonyl (C=O) groups is 4. The molecule has 0 aromatic heterocycles. The standard InChI is InChI=1S/2C17H15NO4/c2*1-17(2)21-15(19)14(16(20)22-17)10-18-13-8-7-11-5-3-4-6-12(11)9-13/h2*3-10,18H,1-2H3. The fraction of sp³-hybridized carbons (Fsp3) is 0.176. The second kappa shape index (κ2) is 11.9. The van der Waals surface area contributed by atoms with Gasteiger partial charge in [-0.2, -0.15) is 0 Å². The Balaban J connectivity index is 0.000000175. The summed E-state index contributed by atoms with van der Waals surface area (Å²) in [4.78, 5) is 47.3. The lowest BCUT2D eigenvalue weighted by Gasteiger charge is -2.29. The maximum Gasteiger partial charge on any atom is 0.350 e. The molecule has 2 heterocycles. The molecule has 4 aromatic rings. The van der Waals surface area contributed by atoms with E-state index in [4.69, 9.17) is 18.9 Å². The molecule has 0 amide bonds. The number of carbonyl (C=O) groups excluding carboxylic acids is 4. The van der Waals surface area contributed by atoms with Gasteiger partial charge in [-0.05, 0) is 45.8 Å². The molecule has 0 saturated carbocycles. The molecule has 0 spiro atoms. The predicted octanol–water partition coefficient (Wildman–Crippen LogP) is 5.94. The number of hydrogen-bond acceptors (Lipinski definition) is 10. The molecule has 44 heavy (non-hydrogen) atoms.